The molecule has 138 valence electrons. The lowest BCUT2D eigenvalue weighted by Crippen LogP contribution is -2.11. The zero-order valence-electron chi connectivity index (χ0n) is 14.1. The molecule has 0 fully saturated rings. The minimum Gasteiger partial charge on any atom is -0.339 e. The summed E-state index contributed by atoms with van der Waals surface area (Å²) in [5, 5.41) is 14.8. The molecule has 27 heavy (non-hydrogen) atoms. The number of hydrogen-bond acceptors (Lipinski definition) is 8. The van der Waals surface area contributed by atoms with Crippen molar-refractivity contribution in [3.63, 3.8) is 0 Å². The number of thioether (sulfide) groups is 1. The first-order valence-corrected chi connectivity index (χ1v) is 10.0. The quantitative estimate of drug-likeness (QED) is 0.286. The van der Waals surface area contributed by atoms with Crippen molar-refractivity contribution in [2.24, 2.45) is 0 Å². The van der Waals surface area contributed by atoms with Crippen LogP contribution in [0.1, 0.15) is 12.3 Å². The third kappa shape index (κ3) is 4.01. The first kappa shape index (κ1) is 17.7. The fourth-order valence-electron chi connectivity index (χ4n) is 2.42. The largest absolute Gasteiger partial charge is 0.339 e. The van der Waals surface area contributed by atoms with Crippen molar-refractivity contribution in [2.75, 3.05) is 11.6 Å². The Balaban J connectivity index is 1.31. The highest BCUT2D eigenvalue weighted by Gasteiger charge is 2.13. The zero-order valence-corrected chi connectivity index (χ0v) is 15.7. The van der Waals surface area contributed by atoms with Crippen LogP contribution in [0.15, 0.2) is 51.5 Å². The monoisotopic (exact) mass is 402 g/mol. The molecule has 0 aliphatic carbocycles. The van der Waals surface area contributed by atoms with Crippen LogP contribution in [0.2, 0.25) is 0 Å². The number of halogens is 1. The Morgan fingerprint density at radius 1 is 1.19 bits per heavy atom. The Morgan fingerprint density at radius 3 is 2.81 bits per heavy atom. The van der Waals surface area contributed by atoms with Gasteiger partial charge in [0, 0.05) is 17.7 Å². The third-order valence-corrected chi connectivity index (χ3v) is 5.64. The molecule has 4 rings (SSSR count). The number of rotatable bonds is 7. The van der Waals surface area contributed by atoms with Crippen LogP contribution >= 0.6 is 23.1 Å². The minimum absolute atomic E-state index is 0.306. The average molecular weight is 402 g/mol. The van der Waals surface area contributed by atoms with E-state index in [1.165, 1.54) is 28.6 Å². The summed E-state index contributed by atoms with van der Waals surface area (Å²) < 4.78 is 19.7. The van der Waals surface area contributed by atoms with E-state index in [1.54, 1.807) is 23.5 Å². The molecular weight excluding hydrogens is 387 g/mol. The molecule has 7 nitrogen and oxygen atoms in total. The highest BCUT2D eigenvalue weighted by molar-refractivity contribution is 7.99. The maximum atomic E-state index is 13.0. The number of hydrogen-bond donors (Lipinski definition) is 1. The first-order valence-electron chi connectivity index (χ1n) is 8.16. The summed E-state index contributed by atoms with van der Waals surface area (Å²) in [7, 11) is 0. The van der Waals surface area contributed by atoms with Gasteiger partial charge in [-0.3, -0.25) is 0 Å². The molecule has 0 saturated heterocycles. The molecule has 0 amide bonds. The molecule has 1 aromatic carbocycles. The predicted octanol–water partition coefficient (Wildman–Crippen LogP) is 3.63. The number of nitrogen functional groups attached to an aromatic ring is 1. The Morgan fingerprint density at radius 2 is 2.04 bits per heavy atom. The van der Waals surface area contributed by atoms with E-state index in [9.17, 15) is 4.39 Å². The molecular formula is C17H15FN6OS2. The minimum atomic E-state index is -0.306. The lowest BCUT2D eigenvalue weighted by atomic mass is 10.2. The fourth-order valence-corrected chi connectivity index (χ4v) is 3.86. The van der Waals surface area contributed by atoms with Gasteiger partial charge in [-0.25, -0.2) is 9.07 Å². The maximum absolute atomic E-state index is 13.0. The van der Waals surface area contributed by atoms with E-state index in [2.05, 4.69) is 20.3 Å². The van der Waals surface area contributed by atoms with Gasteiger partial charge >= 0.3 is 0 Å². The average Bonchev–Trinajstić information content (AvgIpc) is 3.41. The highest BCUT2D eigenvalue weighted by Crippen LogP contribution is 2.24. The molecule has 3 heterocycles. The van der Waals surface area contributed by atoms with Gasteiger partial charge in [-0.2, -0.15) is 4.98 Å². The molecule has 10 heteroatoms. The third-order valence-electron chi connectivity index (χ3n) is 3.74. The summed E-state index contributed by atoms with van der Waals surface area (Å²) >= 11 is 3.07. The summed E-state index contributed by atoms with van der Waals surface area (Å²) in [6.45, 7) is 0. The summed E-state index contributed by atoms with van der Waals surface area (Å²) in [6, 6.07) is 9.89. The summed E-state index contributed by atoms with van der Waals surface area (Å²) in [5.74, 6) is 8.26. The molecule has 4 aromatic rings. The van der Waals surface area contributed by atoms with E-state index in [-0.39, 0.29) is 5.82 Å². The van der Waals surface area contributed by atoms with Crippen molar-refractivity contribution in [3.8, 4) is 22.1 Å². The van der Waals surface area contributed by atoms with Crippen molar-refractivity contribution >= 4 is 23.1 Å². The zero-order chi connectivity index (χ0) is 18.6. The van der Waals surface area contributed by atoms with Crippen LogP contribution in [-0.4, -0.2) is 30.8 Å². The van der Waals surface area contributed by atoms with Crippen LogP contribution in [0.5, 0.6) is 0 Å². The van der Waals surface area contributed by atoms with Crippen LogP contribution in [0.4, 0.5) is 4.39 Å². The second-order valence-corrected chi connectivity index (χ2v) is 7.63. The van der Waals surface area contributed by atoms with Crippen LogP contribution in [0.3, 0.4) is 0 Å². The molecule has 0 saturated carbocycles. The lowest BCUT2D eigenvalue weighted by molar-refractivity contribution is 0.378. The van der Waals surface area contributed by atoms with Crippen LogP contribution in [0.25, 0.3) is 22.1 Å². The van der Waals surface area contributed by atoms with Gasteiger partial charge in [-0.15, -0.1) is 21.5 Å². The molecule has 3 aromatic heterocycles. The van der Waals surface area contributed by atoms with Gasteiger partial charge in [0.05, 0.1) is 4.88 Å². The lowest BCUT2D eigenvalue weighted by Gasteiger charge is -2.03. The highest BCUT2D eigenvalue weighted by atomic mass is 32.2. The summed E-state index contributed by atoms with van der Waals surface area (Å²) in [5.41, 5.74) is 0.713. The van der Waals surface area contributed by atoms with Gasteiger partial charge in [0.15, 0.2) is 5.82 Å². The van der Waals surface area contributed by atoms with E-state index in [4.69, 9.17) is 10.4 Å². The van der Waals surface area contributed by atoms with Crippen molar-refractivity contribution in [1.82, 2.24) is 25.0 Å². The SMILES string of the molecule is Nn1c(SCCCc2nc(-c3cccs3)no2)nnc1-c1ccc(F)cc1. The fraction of sp³-hybridized carbons (Fsp3) is 0.176. The van der Waals surface area contributed by atoms with Crippen LogP contribution in [0, 0.1) is 5.82 Å². The smallest absolute Gasteiger partial charge is 0.227 e. The van der Waals surface area contributed by atoms with Crippen LogP contribution < -0.4 is 5.84 Å². The van der Waals surface area contributed by atoms with Gasteiger partial charge in [-0.05, 0) is 42.1 Å². The molecule has 0 unspecified atom stereocenters. The Bertz CT molecular complexity index is 1010. The van der Waals surface area contributed by atoms with E-state index in [0.717, 1.165) is 17.1 Å². The number of benzene rings is 1. The Labute approximate surface area is 162 Å². The second-order valence-electron chi connectivity index (χ2n) is 5.62. The number of aryl methyl sites for hydroxylation is 1. The van der Waals surface area contributed by atoms with Gasteiger partial charge < -0.3 is 10.4 Å². The van der Waals surface area contributed by atoms with E-state index in [0.29, 0.717) is 34.7 Å². The van der Waals surface area contributed by atoms with Crippen molar-refractivity contribution in [2.45, 2.75) is 18.0 Å². The standard InChI is InChI=1S/C17H15FN6OS2/c18-12-7-5-11(6-8-12)16-21-22-17(24(16)19)27-10-2-4-14-20-15(23-25-14)13-3-1-9-26-13/h1,3,5-9H,2,4,10,19H2. The summed E-state index contributed by atoms with van der Waals surface area (Å²) in [6.07, 6.45) is 1.50. The topological polar surface area (TPSA) is 95.7 Å². The van der Waals surface area contributed by atoms with Gasteiger partial charge in [-0.1, -0.05) is 23.0 Å². The van der Waals surface area contributed by atoms with E-state index >= 15 is 0 Å². The predicted molar refractivity (Wildman–Crippen MR) is 102 cm³/mol. The van der Waals surface area contributed by atoms with Crippen LogP contribution in [-0.2, 0) is 6.42 Å². The molecule has 0 aliphatic heterocycles. The van der Waals surface area contributed by atoms with Gasteiger partial charge in [0.1, 0.15) is 5.82 Å². The van der Waals surface area contributed by atoms with Crippen molar-refractivity contribution < 1.29 is 8.91 Å². The molecule has 2 N–H and O–H groups in total. The second kappa shape index (κ2) is 7.89. The normalized spacial score (nSPS) is 11.1. The number of nitrogens with zero attached hydrogens (tertiary/aromatic N) is 5. The first-order chi connectivity index (χ1) is 13.2. The van der Waals surface area contributed by atoms with E-state index < -0.39 is 0 Å². The van der Waals surface area contributed by atoms with Crippen molar-refractivity contribution in [1.29, 1.82) is 0 Å². The number of aromatic nitrogens is 5. The van der Waals surface area contributed by atoms with Gasteiger partial charge in [0.25, 0.3) is 0 Å². The Hall–Kier alpha value is -2.72. The van der Waals surface area contributed by atoms with E-state index in [1.807, 2.05) is 17.5 Å². The molecule has 0 aliphatic rings. The molecule has 0 atom stereocenters. The number of nitrogens with two attached hydrogens (primary N) is 1. The van der Waals surface area contributed by atoms with Crippen molar-refractivity contribution in [3.05, 3.63) is 53.5 Å². The molecule has 0 spiro atoms. The molecule has 0 bridgehead atoms. The molecule has 0 radical (unpaired) electrons. The maximum Gasteiger partial charge on any atom is 0.227 e. The van der Waals surface area contributed by atoms with Gasteiger partial charge in [0.2, 0.25) is 16.9 Å². The summed E-state index contributed by atoms with van der Waals surface area (Å²) in [4.78, 5) is 5.39. The number of thiophene rings is 1. The Kier molecular flexibility index (Phi) is 5.16.